The van der Waals surface area contributed by atoms with Gasteiger partial charge in [-0.2, -0.15) is 12.6 Å². The lowest BCUT2D eigenvalue weighted by Crippen LogP contribution is -3.00. The Hall–Kier alpha value is -0.460. The summed E-state index contributed by atoms with van der Waals surface area (Å²) in [6.45, 7) is 0.485. The fraction of sp³-hybridized carbons (Fsp3) is 0.818. The number of carboxylic acid groups (broad SMARTS) is 1. The number of hydrogen-bond donors (Lipinski definition) is 2. The van der Waals surface area contributed by atoms with Crippen LogP contribution in [-0.2, 0) is 14.3 Å². The topological polar surface area (TPSA) is 63.6 Å². The van der Waals surface area contributed by atoms with E-state index in [4.69, 9.17) is 9.84 Å². The van der Waals surface area contributed by atoms with Gasteiger partial charge in [0, 0.05) is 6.42 Å². The molecule has 0 bridgehead atoms. The molecule has 0 aliphatic rings. The highest BCUT2D eigenvalue weighted by atomic mass is 35.5. The third-order valence-electron chi connectivity index (χ3n) is 1.99. The van der Waals surface area contributed by atoms with Gasteiger partial charge in [0.25, 0.3) is 0 Å². The zero-order valence-corrected chi connectivity index (χ0v) is 12.7. The average Bonchev–Trinajstić information content (AvgIpc) is 2.10. The van der Waals surface area contributed by atoms with Crippen LogP contribution in [0, 0.1) is 0 Å². The lowest BCUT2D eigenvalue weighted by atomic mass is 10.2. The van der Waals surface area contributed by atoms with E-state index in [1.165, 1.54) is 0 Å². The van der Waals surface area contributed by atoms with Gasteiger partial charge in [0.15, 0.2) is 6.10 Å². The smallest absolute Gasteiger partial charge is 0.307 e. The van der Waals surface area contributed by atoms with Gasteiger partial charge in [0.1, 0.15) is 6.54 Å². The summed E-state index contributed by atoms with van der Waals surface area (Å²) in [4.78, 5) is 22.1. The largest absolute Gasteiger partial charge is 1.00 e. The molecule has 0 saturated carbocycles. The van der Waals surface area contributed by atoms with Crippen molar-refractivity contribution in [2.75, 3.05) is 33.4 Å². The summed E-state index contributed by atoms with van der Waals surface area (Å²) in [6, 6.07) is 0. The maximum atomic E-state index is 11.4. The van der Waals surface area contributed by atoms with Gasteiger partial charge in [0.05, 0.1) is 27.6 Å². The van der Waals surface area contributed by atoms with Gasteiger partial charge >= 0.3 is 11.9 Å². The Kier molecular flexibility index (Phi) is 10.5. The molecule has 0 fully saturated rings. The third-order valence-corrected chi connectivity index (χ3v) is 2.31. The van der Waals surface area contributed by atoms with Crippen LogP contribution in [0.2, 0.25) is 0 Å². The number of ether oxygens (including phenoxy) is 1. The van der Waals surface area contributed by atoms with E-state index in [-0.39, 0.29) is 31.2 Å². The van der Waals surface area contributed by atoms with E-state index in [1.54, 1.807) is 0 Å². The molecule has 18 heavy (non-hydrogen) atoms. The van der Waals surface area contributed by atoms with E-state index >= 15 is 0 Å². The van der Waals surface area contributed by atoms with Crippen LogP contribution in [0.4, 0.5) is 0 Å². The Labute approximate surface area is 120 Å². The highest BCUT2D eigenvalue weighted by Crippen LogP contribution is 2.07. The zero-order chi connectivity index (χ0) is 13.5. The number of aliphatic carboxylic acids is 1. The predicted molar refractivity (Wildman–Crippen MR) is 68.1 cm³/mol. The summed E-state index contributed by atoms with van der Waals surface area (Å²) in [5.41, 5.74) is 0. The van der Waals surface area contributed by atoms with Gasteiger partial charge in [-0.25, -0.2) is 0 Å². The first-order valence-electron chi connectivity index (χ1n) is 5.57. The highest BCUT2D eigenvalue weighted by Gasteiger charge is 2.24. The van der Waals surface area contributed by atoms with Crippen LogP contribution < -0.4 is 12.4 Å². The first kappa shape index (κ1) is 19.9. The van der Waals surface area contributed by atoms with Gasteiger partial charge in [-0.1, -0.05) is 0 Å². The lowest BCUT2D eigenvalue weighted by Gasteiger charge is -2.28. The molecule has 7 heteroatoms. The van der Waals surface area contributed by atoms with Gasteiger partial charge in [-0.3, -0.25) is 9.59 Å². The summed E-state index contributed by atoms with van der Waals surface area (Å²) >= 11 is 4.01. The first-order valence-corrected chi connectivity index (χ1v) is 6.20. The van der Waals surface area contributed by atoms with Crippen LogP contribution in [-0.4, -0.2) is 61.1 Å². The van der Waals surface area contributed by atoms with Crippen LogP contribution in [0.3, 0.4) is 0 Å². The molecule has 0 aliphatic heterocycles. The summed E-state index contributed by atoms with van der Waals surface area (Å²) in [5.74, 6) is -0.683. The molecule has 0 spiro atoms. The molecule has 0 heterocycles. The van der Waals surface area contributed by atoms with E-state index in [2.05, 4.69) is 12.6 Å². The fourth-order valence-electron chi connectivity index (χ4n) is 1.42. The molecule has 1 atom stereocenters. The molecule has 0 aromatic heterocycles. The number of thiol groups is 1. The van der Waals surface area contributed by atoms with Crippen molar-refractivity contribution in [1.82, 2.24) is 0 Å². The normalized spacial score (nSPS) is 12.4. The van der Waals surface area contributed by atoms with Crippen LogP contribution in [0.15, 0.2) is 0 Å². The van der Waals surface area contributed by atoms with Crippen molar-refractivity contribution in [3.8, 4) is 0 Å². The SMILES string of the molecule is C[N+](C)(C)C[C@@H](CC(=O)O)OC(=O)CCCS.[Cl-]. The molecule has 0 aromatic carbocycles. The Morgan fingerprint density at radius 1 is 1.33 bits per heavy atom. The molecular weight excluding hydrogens is 278 g/mol. The van der Waals surface area contributed by atoms with E-state index in [1.807, 2.05) is 21.1 Å². The minimum atomic E-state index is -0.953. The van der Waals surface area contributed by atoms with Gasteiger partial charge < -0.3 is 26.7 Å². The number of hydrogen-bond acceptors (Lipinski definition) is 4. The zero-order valence-electron chi connectivity index (χ0n) is 11.1. The number of nitrogens with zero attached hydrogens (tertiary/aromatic N) is 1. The van der Waals surface area contributed by atoms with E-state index in [0.29, 0.717) is 23.2 Å². The number of carbonyl (C=O) groups is 2. The molecule has 108 valence electrons. The second-order valence-corrected chi connectivity index (χ2v) is 5.46. The quantitative estimate of drug-likeness (QED) is 0.303. The van der Waals surface area contributed by atoms with E-state index in [0.717, 1.165) is 0 Å². The molecule has 0 aliphatic carbocycles. The second-order valence-electron chi connectivity index (χ2n) is 5.01. The fourth-order valence-corrected chi connectivity index (χ4v) is 1.58. The van der Waals surface area contributed by atoms with Crippen molar-refractivity contribution in [3.63, 3.8) is 0 Å². The van der Waals surface area contributed by atoms with Crippen molar-refractivity contribution < 1.29 is 36.3 Å². The molecule has 1 N–H and O–H groups in total. The van der Waals surface area contributed by atoms with Crippen LogP contribution in [0.25, 0.3) is 0 Å². The van der Waals surface area contributed by atoms with Crippen LogP contribution >= 0.6 is 12.6 Å². The Morgan fingerprint density at radius 2 is 1.89 bits per heavy atom. The van der Waals surface area contributed by atoms with Crippen molar-refractivity contribution in [2.45, 2.75) is 25.4 Å². The monoisotopic (exact) mass is 299 g/mol. The Balaban J connectivity index is 0. The van der Waals surface area contributed by atoms with E-state index in [9.17, 15) is 9.59 Å². The second kappa shape index (κ2) is 9.47. The number of likely N-dealkylation sites (N-methyl/N-ethyl adjacent to an activating group) is 1. The molecule has 0 unspecified atom stereocenters. The average molecular weight is 300 g/mol. The van der Waals surface area contributed by atoms with Crippen molar-refractivity contribution >= 4 is 24.6 Å². The van der Waals surface area contributed by atoms with Crippen LogP contribution in [0.5, 0.6) is 0 Å². The summed E-state index contributed by atoms with van der Waals surface area (Å²) in [5, 5.41) is 8.76. The molecule has 0 saturated heterocycles. The number of carboxylic acids is 1. The number of quaternary nitrogens is 1. The first-order chi connectivity index (χ1) is 7.74. The number of carbonyl (C=O) groups excluding carboxylic acids is 1. The Morgan fingerprint density at radius 3 is 2.28 bits per heavy atom. The van der Waals surface area contributed by atoms with Crippen molar-refractivity contribution in [1.29, 1.82) is 0 Å². The summed E-state index contributed by atoms with van der Waals surface area (Å²) in [7, 11) is 5.78. The summed E-state index contributed by atoms with van der Waals surface area (Å²) < 4.78 is 5.72. The molecule has 0 aromatic rings. The minimum Gasteiger partial charge on any atom is -1.00 e. The van der Waals surface area contributed by atoms with Crippen molar-refractivity contribution in [3.05, 3.63) is 0 Å². The molecule has 5 nitrogen and oxygen atoms in total. The third kappa shape index (κ3) is 12.0. The maximum Gasteiger partial charge on any atom is 0.307 e. The lowest BCUT2D eigenvalue weighted by molar-refractivity contribution is -0.873. The van der Waals surface area contributed by atoms with Crippen molar-refractivity contribution in [2.24, 2.45) is 0 Å². The Bertz CT molecular complexity index is 268. The summed E-state index contributed by atoms with van der Waals surface area (Å²) in [6.07, 6.45) is 0.213. The van der Waals surface area contributed by atoms with Gasteiger partial charge in [0.2, 0.25) is 0 Å². The van der Waals surface area contributed by atoms with Crippen LogP contribution in [0.1, 0.15) is 19.3 Å². The number of rotatable bonds is 8. The van der Waals surface area contributed by atoms with Gasteiger partial charge in [-0.05, 0) is 12.2 Å². The maximum absolute atomic E-state index is 11.4. The molecule has 0 rings (SSSR count). The highest BCUT2D eigenvalue weighted by molar-refractivity contribution is 7.80. The standard InChI is InChI=1S/C11H21NO4S.ClH/c1-12(2,3)8-9(7-10(13)14)16-11(15)5-4-6-17;/h9H,4-8H2,1-3H3,(H-,13,14,17);1H/t9-;/m1./s1. The molecular formula is C11H22ClNO4S. The minimum absolute atomic E-state index is 0. The number of halogens is 1. The predicted octanol–water partition coefficient (Wildman–Crippen LogP) is -2.21. The van der Waals surface area contributed by atoms with Gasteiger partial charge in [-0.15, -0.1) is 0 Å². The number of esters is 1. The molecule has 0 radical (unpaired) electrons. The molecule has 0 amide bonds. The van der Waals surface area contributed by atoms with E-state index < -0.39 is 12.1 Å².